The highest BCUT2D eigenvalue weighted by atomic mass is 32.1. The second-order valence-electron chi connectivity index (χ2n) is 9.81. The van der Waals surface area contributed by atoms with E-state index in [1.165, 1.54) is 6.42 Å². The van der Waals surface area contributed by atoms with Crippen LogP contribution in [-0.4, -0.2) is 66.4 Å². The van der Waals surface area contributed by atoms with E-state index >= 15 is 0 Å². The van der Waals surface area contributed by atoms with Gasteiger partial charge < -0.3 is 15.5 Å². The van der Waals surface area contributed by atoms with E-state index < -0.39 is 0 Å². The molecule has 3 saturated heterocycles. The van der Waals surface area contributed by atoms with Crippen LogP contribution in [0.2, 0.25) is 0 Å². The molecular formula is C24H36N6OS. The Kier molecular flexibility index (Phi) is 6.76. The van der Waals surface area contributed by atoms with Crippen molar-refractivity contribution < 1.29 is 4.79 Å². The number of rotatable bonds is 5. The second-order valence-corrected chi connectivity index (χ2v) is 10.9. The Morgan fingerprint density at radius 2 is 2.00 bits per heavy atom. The minimum absolute atomic E-state index is 0.0106. The Balaban J connectivity index is 1.36. The van der Waals surface area contributed by atoms with Gasteiger partial charge in [-0.3, -0.25) is 15.4 Å². The molecule has 3 aliphatic heterocycles. The number of thiazole rings is 1. The lowest BCUT2D eigenvalue weighted by atomic mass is 9.89. The third-order valence-electron chi connectivity index (χ3n) is 7.34. The molecule has 0 aliphatic carbocycles. The zero-order valence-electron chi connectivity index (χ0n) is 19.1. The first-order valence-electron chi connectivity index (χ1n) is 12.2. The summed E-state index contributed by atoms with van der Waals surface area (Å²) in [6, 6.07) is 9.11. The molecule has 0 bridgehead atoms. The number of hydrogen-bond donors (Lipinski definition) is 4. The third kappa shape index (κ3) is 4.70. The van der Waals surface area contributed by atoms with Crippen molar-refractivity contribution in [1.82, 2.24) is 31.2 Å². The summed E-state index contributed by atoms with van der Waals surface area (Å²) in [5.74, 6) is 0.237. The van der Waals surface area contributed by atoms with Crippen LogP contribution in [0.5, 0.6) is 0 Å². The van der Waals surface area contributed by atoms with E-state index in [-0.39, 0.29) is 24.2 Å². The summed E-state index contributed by atoms with van der Waals surface area (Å²) in [5, 5.41) is 15.3. The number of para-hydroxylation sites is 1. The van der Waals surface area contributed by atoms with Crippen molar-refractivity contribution in [3.05, 3.63) is 29.3 Å². The van der Waals surface area contributed by atoms with Crippen LogP contribution in [0.15, 0.2) is 24.3 Å². The second kappa shape index (κ2) is 9.73. The van der Waals surface area contributed by atoms with Crippen molar-refractivity contribution in [2.75, 3.05) is 26.2 Å². The molecule has 5 rings (SSSR count). The van der Waals surface area contributed by atoms with Crippen LogP contribution in [0.4, 0.5) is 0 Å². The number of nitrogens with zero attached hydrogens (tertiary/aromatic N) is 2. The van der Waals surface area contributed by atoms with Gasteiger partial charge >= 0.3 is 0 Å². The molecule has 32 heavy (non-hydrogen) atoms. The van der Waals surface area contributed by atoms with Crippen LogP contribution in [0, 0.1) is 5.92 Å². The Morgan fingerprint density at radius 1 is 1.19 bits per heavy atom. The van der Waals surface area contributed by atoms with Gasteiger partial charge in [0.2, 0.25) is 5.91 Å². The molecule has 7 nitrogen and oxygen atoms in total. The van der Waals surface area contributed by atoms with Gasteiger partial charge in [0, 0.05) is 18.6 Å². The summed E-state index contributed by atoms with van der Waals surface area (Å²) in [7, 11) is 0. The fourth-order valence-corrected chi connectivity index (χ4v) is 6.52. The molecular weight excluding hydrogens is 420 g/mol. The van der Waals surface area contributed by atoms with Crippen LogP contribution in [0.25, 0.3) is 10.2 Å². The van der Waals surface area contributed by atoms with Gasteiger partial charge in [-0.1, -0.05) is 12.1 Å². The molecule has 3 aliphatic rings. The predicted octanol–water partition coefficient (Wildman–Crippen LogP) is 2.21. The van der Waals surface area contributed by atoms with E-state index in [9.17, 15) is 4.79 Å². The van der Waals surface area contributed by atoms with Crippen molar-refractivity contribution in [3.8, 4) is 0 Å². The first-order valence-corrected chi connectivity index (χ1v) is 13.0. The van der Waals surface area contributed by atoms with E-state index in [1.807, 2.05) is 18.2 Å². The van der Waals surface area contributed by atoms with E-state index in [1.54, 1.807) is 11.3 Å². The minimum Gasteiger partial charge on any atom is -0.340 e. The molecule has 4 heterocycles. The Morgan fingerprint density at radius 3 is 2.72 bits per heavy atom. The molecule has 2 aromatic rings. The highest BCUT2D eigenvalue weighted by molar-refractivity contribution is 7.18. The van der Waals surface area contributed by atoms with Gasteiger partial charge in [-0.25, -0.2) is 4.98 Å². The fraction of sp³-hybridized carbons (Fsp3) is 0.667. The number of carbonyl (C=O) groups excluding carboxylic acids is 1. The van der Waals surface area contributed by atoms with E-state index in [2.05, 4.69) is 46.1 Å². The molecule has 1 aromatic heterocycles. The maximum Gasteiger partial charge on any atom is 0.234 e. The van der Waals surface area contributed by atoms with Crippen molar-refractivity contribution in [1.29, 1.82) is 0 Å². The Hall–Kier alpha value is -1.58. The lowest BCUT2D eigenvalue weighted by Crippen LogP contribution is -2.69. The van der Waals surface area contributed by atoms with Gasteiger partial charge in [0.1, 0.15) is 10.9 Å². The molecule has 0 saturated carbocycles. The summed E-state index contributed by atoms with van der Waals surface area (Å²) in [5.41, 5.74) is 0.974. The lowest BCUT2D eigenvalue weighted by molar-refractivity contribution is -0.128. The number of aromatic nitrogens is 1. The number of nitrogens with one attached hydrogen (secondary N) is 4. The molecule has 3 fully saturated rings. The zero-order valence-corrected chi connectivity index (χ0v) is 20.0. The molecule has 0 spiro atoms. The molecule has 0 radical (unpaired) electrons. The Bertz CT molecular complexity index is 885. The predicted molar refractivity (Wildman–Crippen MR) is 130 cm³/mol. The van der Waals surface area contributed by atoms with Gasteiger partial charge in [-0.05, 0) is 77.2 Å². The van der Waals surface area contributed by atoms with Crippen LogP contribution in [-0.2, 0) is 4.79 Å². The molecule has 1 aromatic carbocycles. The molecule has 1 amide bonds. The van der Waals surface area contributed by atoms with E-state index in [0.717, 1.165) is 60.7 Å². The third-order valence-corrected chi connectivity index (χ3v) is 8.46. The number of piperidine rings is 2. The summed E-state index contributed by atoms with van der Waals surface area (Å²) in [4.78, 5) is 20.9. The molecule has 3 unspecified atom stereocenters. The molecule has 8 heteroatoms. The van der Waals surface area contributed by atoms with Gasteiger partial charge in [0.25, 0.3) is 0 Å². The van der Waals surface area contributed by atoms with Crippen molar-refractivity contribution in [2.45, 2.75) is 69.9 Å². The topological polar surface area (TPSA) is 81.3 Å². The summed E-state index contributed by atoms with van der Waals surface area (Å²) < 4.78 is 1.14. The lowest BCUT2D eigenvalue weighted by Gasteiger charge is -2.44. The summed E-state index contributed by atoms with van der Waals surface area (Å²) in [6.07, 6.45) is 4.43. The van der Waals surface area contributed by atoms with Crippen LogP contribution >= 0.6 is 11.3 Å². The number of benzene rings is 1. The maximum absolute atomic E-state index is 13.5. The average Bonchev–Trinajstić information content (AvgIpc) is 3.23. The standard InChI is InChI=1S/C24H36N6OS/c1-15(2)30-12-9-16(10-13-30)21-28-22(26-17-6-5-11-25-14-17)20(23(31)29-21)24-27-18-7-3-4-8-19(18)32-24/h3-4,7-8,15-17,20-22,25-26,28H,5-6,9-14H2,1-2H3,(H,29,31)/t17-,20?,21?,22?/m1/s1. The van der Waals surface area contributed by atoms with Gasteiger partial charge in [0.15, 0.2) is 0 Å². The van der Waals surface area contributed by atoms with Crippen LogP contribution < -0.4 is 21.3 Å². The average molecular weight is 457 g/mol. The number of amides is 1. The normalized spacial score (nSPS) is 30.7. The number of hydrogen-bond acceptors (Lipinski definition) is 7. The highest BCUT2D eigenvalue weighted by Crippen LogP contribution is 2.32. The summed E-state index contributed by atoms with van der Waals surface area (Å²) in [6.45, 7) is 8.76. The van der Waals surface area contributed by atoms with Gasteiger partial charge in [-0.15, -0.1) is 11.3 Å². The van der Waals surface area contributed by atoms with Crippen molar-refractivity contribution in [3.63, 3.8) is 0 Å². The largest absolute Gasteiger partial charge is 0.340 e. The fourth-order valence-electron chi connectivity index (χ4n) is 5.42. The van der Waals surface area contributed by atoms with Crippen molar-refractivity contribution in [2.24, 2.45) is 5.92 Å². The number of fused-ring (bicyclic) bond motifs is 1. The van der Waals surface area contributed by atoms with Crippen molar-refractivity contribution >= 4 is 27.5 Å². The minimum atomic E-state index is -0.318. The quantitative estimate of drug-likeness (QED) is 0.552. The molecule has 4 N–H and O–H groups in total. The first-order chi connectivity index (χ1) is 15.6. The van der Waals surface area contributed by atoms with Crippen LogP contribution in [0.3, 0.4) is 0 Å². The molecule has 4 atom stereocenters. The number of carbonyl (C=O) groups is 1. The van der Waals surface area contributed by atoms with Crippen LogP contribution in [0.1, 0.15) is 50.5 Å². The van der Waals surface area contributed by atoms with E-state index in [0.29, 0.717) is 18.0 Å². The highest BCUT2D eigenvalue weighted by Gasteiger charge is 2.42. The molecule has 174 valence electrons. The van der Waals surface area contributed by atoms with Gasteiger partial charge in [0.05, 0.1) is 22.5 Å². The maximum atomic E-state index is 13.5. The number of likely N-dealkylation sites (tertiary alicyclic amines) is 1. The van der Waals surface area contributed by atoms with Gasteiger partial charge in [-0.2, -0.15) is 0 Å². The summed E-state index contributed by atoms with van der Waals surface area (Å²) >= 11 is 1.64. The Labute approximate surface area is 194 Å². The van der Waals surface area contributed by atoms with E-state index in [4.69, 9.17) is 4.98 Å². The zero-order chi connectivity index (χ0) is 22.1. The smallest absolute Gasteiger partial charge is 0.234 e. The monoisotopic (exact) mass is 456 g/mol. The first kappa shape index (κ1) is 22.2. The SMILES string of the molecule is CC(C)N1CCC(C2NC(=O)C(c3nc4ccccc4s3)C(N[C@@H]3CCCNC3)N2)CC1.